The topological polar surface area (TPSA) is 83.9 Å². The number of nitrogens with zero attached hydrogens (tertiary/aromatic N) is 1. The highest BCUT2D eigenvalue weighted by Crippen LogP contribution is 2.29. The van der Waals surface area contributed by atoms with Crippen LogP contribution < -0.4 is 0 Å². The average Bonchev–Trinajstić information content (AvgIpc) is 2.88. The largest absolute Gasteiger partial charge is 0.474 e. The molecule has 0 heterocycles. The monoisotopic (exact) mass is 531 g/mol. The summed E-state index contributed by atoms with van der Waals surface area (Å²) in [4.78, 5) is 36.5. The van der Waals surface area contributed by atoms with Crippen LogP contribution in [0.15, 0.2) is 48.5 Å². The molecular formula is C29H32F3NO5. The Hall–Kier alpha value is -3.64. The number of halogens is 3. The van der Waals surface area contributed by atoms with Crippen molar-refractivity contribution in [3.8, 4) is 11.8 Å². The van der Waals surface area contributed by atoms with Gasteiger partial charge in [0.25, 0.3) is 0 Å². The number of ketones is 1. The first-order chi connectivity index (χ1) is 18.1. The number of carbonyl (C=O) groups is 3. The number of benzene rings is 2. The third-order valence-electron chi connectivity index (χ3n) is 5.80. The molecule has 0 unspecified atom stereocenters. The SMILES string of the molecule is COCCCCCCCCC(=O)C#Cc1ccc(CN(Cc2ccc(C(F)(F)F)cc2)C(=O)C(=O)O)cc1. The Morgan fingerprint density at radius 3 is 1.89 bits per heavy atom. The maximum atomic E-state index is 12.8. The highest BCUT2D eigenvalue weighted by Gasteiger charge is 2.30. The molecule has 2 aromatic carbocycles. The van der Waals surface area contributed by atoms with Gasteiger partial charge in [-0.3, -0.25) is 9.59 Å². The number of hydrogen-bond donors (Lipinski definition) is 1. The Morgan fingerprint density at radius 2 is 1.37 bits per heavy atom. The molecule has 0 atom stereocenters. The molecule has 9 heteroatoms. The van der Waals surface area contributed by atoms with E-state index in [0.29, 0.717) is 23.1 Å². The van der Waals surface area contributed by atoms with Crippen LogP contribution in [0.1, 0.15) is 67.2 Å². The number of hydrogen-bond acceptors (Lipinski definition) is 4. The number of carboxylic acid groups (broad SMARTS) is 1. The molecule has 6 nitrogen and oxygen atoms in total. The Bertz CT molecular complexity index is 1120. The summed E-state index contributed by atoms with van der Waals surface area (Å²) in [6.07, 6.45) is 2.05. The lowest BCUT2D eigenvalue weighted by molar-refractivity contribution is -0.156. The van der Waals surface area contributed by atoms with Crippen molar-refractivity contribution in [1.29, 1.82) is 0 Å². The third kappa shape index (κ3) is 11.2. The van der Waals surface area contributed by atoms with E-state index in [2.05, 4.69) is 11.8 Å². The molecule has 0 fully saturated rings. The summed E-state index contributed by atoms with van der Waals surface area (Å²) in [5.74, 6) is 2.48. The number of methoxy groups -OCH3 is 1. The van der Waals surface area contributed by atoms with Gasteiger partial charge in [0.05, 0.1) is 5.56 Å². The van der Waals surface area contributed by atoms with Gasteiger partial charge in [0.1, 0.15) is 0 Å². The number of ether oxygens (including phenoxy) is 1. The first-order valence-corrected chi connectivity index (χ1v) is 12.4. The van der Waals surface area contributed by atoms with E-state index in [0.717, 1.165) is 62.2 Å². The lowest BCUT2D eigenvalue weighted by Gasteiger charge is -2.21. The van der Waals surface area contributed by atoms with Crippen molar-refractivity contribution in [2.24, 2.45) is 0 Å². The van der Waals surface area contributed by atoms with E-state index in [9.17, 15) is 27.6 Å². The number of rotatable bonds is 13. The average molecular weight is 532 g/mol. The minimum absolute atomic E-state index is 0.0652. The van der Waals surface area contributed by atoms with E-state index in [1.165, 1.54) is 12.1 Å². The third-order valence-corrected chi connectivity index (χ3v) is 5.80. The molecule has 0 radical (unpaired) electrons. The molecule has 0 spiro atoms. The van der Waals surface area contributed by atoms with E-state index < -0.39 is 23.6 Å². The molecule has 0 aliphatic heterocycles. The summed E-state index contributed by atoms with van der Waals surface area (Å²) in [5.41, 5.74) is 0.730. The molecule has 0 bridgehead atoms. The van der Waals surface area contributed by atoms with Gasteiger partial charge in [0, 0.05) is 38.8 Å². The fourth-order valence-corrected chi connectivity index (χ4v) is 3.71. The number of alkyl halides is 3. The van der Waals surface area contributed by atoms with E-state index >= 15 is 0 Å². The second-order valence-electron chi connectivity index (χ2n) is 8.90. The van der Waals surface area contributed by atoms with Gasteiger partial charge in [-0.1, -0.05) is 55.9 Å². The maximum absolute atomic E-state index is 12.8. The summed E-state index contributed by atoms with van der Waals surface area (Å²) >= 11 is 0. The normalized spacial score (nSPS) is 10.9. The van der Waals surface area contributed by atoms with Crippen molar-refractivity contribution in [2.75, 3.05) is 13.7 Å². The van der Waals surface area contributed by atoms with Gasteiger partial charge in [-0.15, -0.1) is 0 Å². The van der Waals surface area contributed by atoms with E-state index in [1.54, 1.807) is 31.4 Å². The minimum atomic E-state index is -4.49. The quantitative estimate of drug-likeness (QED) is 0.206. The molecule has 0 saturated heterocycles. The fraction of sp³-hybridized carbons (Fsp3) is 0.414. The Labute approximate surface area is 220 Å². The lowest BCUT2D eigenvalue weighted by Crippen LogP contribution is -2.35. The molecule has 0 aromatic heterocycles. The van der Waals surface area contributed by atoms with Gasteiger partial charge in [0.2, 0.25) is 5.78 Å². The van der Waals surface area contributed by atoms with Crippen LogP contribution in [0.3, 0.4) is 0 Å². The van der Waals surface area contributed by atoms with Crippen LogP contribution in [-0.4, -0.2) is 41.4 Å². The van der Waals surface area contributed by atoms with Crippen molar-refractivity contribution >= 4 is 17.7 Å². The van der Waals surface area contributed by atoms with Gasteiger partial charge < -0.3 is 14.7 Å². The predicted molar refractivity (Wildman–Crippen MR) is 136 cm³/mol. The second-order valence-corrected chi connectivity index (χ2v) is 8.90. The molecule has 38 heavy (non-hydrogen) atoms. The maximum Gasteiger partial charge on any atom is 0.416 e. The van der Waals surface area contributed by atoms with Crippen LogP contribution in [0.4, 0.5) is 13.2 Å². The fourth-order valence-electron chi connectivity index (χ4n) is 3.71. The molecule has 1 amide bonds. The van der Waals surface area contributed by atoms with Crippen molar-refractivity contribution < 1.29 is 37.4 Å². The van der Waals surface area contributed by atoms with E-state index in [1.807, 2.05) is 0 Å². The zero-order valence-electron chi connectivity index (χ0n) is 21.4. The number of unbranched alkanes of at least 4 members (excludes halogenated alkanes) is 5. The van der Waals surface area contributed by atoms with Gasteiger partial charge in [-0.05, 0) is 54.2 Å². The van der Waals surface area contributed by atoms with Gasteiger partial charge >= 0.3 is 18.1 Å². The van der Waals surface area contributed by atoms with Crippen LogP contribution in [0.2, 0.25) is 0 Å². The highest BCUT2D eigenvalue weighted by molar-refractivity contribution is 6.31. The van der Waals surface area contributed by atoms with Crippen LogP contribution in [0, 0.1) is 11.8 Å². The minimum Gasteiger partial charge on any atom is -0.474 e. The summed E-state index contributed by atoms with van der Waals surface area (Å²) in [5, 5.41) is 9.17. The zero-order valence-corrected chi connectivity index (χ0v) is 21.4. The number of carboxylic acids is 1. The molecule has 1 N–H and O–H groups in total. The molecule has 2 rings (SSSR count). The van der Waals surface area contributed by atoms with Crippen LogP contribution >= 0.6 is 0 Å². The summed E-state index contributed by atoms with van der Waals surface area (Å²) in [6.45, 7) is 0.535. The molecule has 2 aromatic rings. The number of carbonyl (C=O) groups excluding carboxylic acids is 2. The first-order valence-electron chi connectivity index (χ1n) is 12.4. The van der Waals surface area contributed by atoms with Crippen molar-refractivity contribution in [3.05, 3.63) is 70.8 Å². The van der Waals surface area contributed by atoms with Gasteiger partial charge in [-0.2, -0.15) is 13.2 Å². The van der Waals surface area contributed by atoms with Crippen LogP contribution in [0.25, 0.3) is 0 Å². The van der Waals surface area contributed by atoms with Crippen LogP contribution in [-0.2, 0) is 38.4 Å². The summed E-state index contributed by atoms with van der Waals surface area (Å²) in [7, 11) is 1.69. The highest BCUT2D eigenvalue weighted by atomic mass is 19.4. The Kier molecular flexibility index (Phi) is 12.5. The smallest absolute Gasteiger partial charge is 0.416 e. The molecule has 0 saturated carbocycles. The molecule has 0 aliphatic rings. The summed E-state index contributed by atoms with van der Waals surface area (Å²) in [6, 6.07) is 10.8. The zero-order chi connectivity index (χ0) is 28.0. The summed E-state index contributed by atoms with van der Waals surface area (Å²) < 4.78 is 43.4. The molecular weight excluding hydrogens is 499 g/mol. The Morgan fingerprint density at radius 1 is 0.842 bits per heavy atom. The van der Waals surface area contributed by atoms with Crippen LogP contribution in [0.5, 0.6) is 0 Å². The number of Topliss-reactive ketones (excluding diaryl/α,β-unsaturated/α-hetero) is 1. The molecule has 0 aliphatic carbocycles. The Balaban J connectivity index is 1.90. The number of aliphatic carboxylic acids is 1. The van der Waals surface area contributed by atoms with Crippen molar-refractivity contribution in [3.63, 3.8) is 0 Å². The number of amides is 1. The van der Waals surface area contributed by atoms with E-state index in [4.69, 9.17) is 9.84 Å². The lowest BCUT2D eigenvalue weighted by atomic mass is 10.1. The van der Waals surface area contributed by atoms with Gasteiger partial charge in [0.15, 0.2) is 0 Å². The standard InChI is InChI=1S/C29H32F3NO5/c1-38-19-7-5-3-2-4-6-8-26(34)18-15-22-9-11-23(12-10-22)20-33(27(35)28(36)37)21-24-13-16-25(17-14-24)29(30,31)32/h9-14,16-17H,2-8,19-21H2,1H3,(H,36,37). The van der Waals surface area contributed by atoms with Crippen molar-refractivity contribution in [1.82, 2.24) is 4.90 Å². The van der Waals surface area contributed by atoms with E-state index in [-0.39, 0.29) is 18.9 Å². The van der Waals surface area contributed by atoms with Gasteiger partial charge in [-0.25, -0.2) is 4.79 Å². The second kappa shape index (κ2) is 15.6. The predicted octanol–water partition coefficient (Wildman–Crippen LogP) is 5.62. The van der Waals surface area contributed by atoms with Crippen molar-refractivity contribution in [2.45, 2.75) is 64.2 Å². The first kappa shape index (κ1) is 30.6. The molecule has 204 valence electrons.